The third-order valence-corrected chi connectivity index (χ3v) is 4.47. The SMILES string of the molecule is O=C(/C=C\n1cnc(-c2cc(C(F)(F)F)cc(C(F)(F)F)c2)n1)NN1CCC(O)CC1. The van der Waals surface area contributed by atoms with Crippen LogP contribution in [0.1, 0.15) is 24.0 Å². The van der Waals surface area contributed by atoms with Crippen molar-refractivity contribution in [1.29, 1.82) is 0 Å². The summed E-state index contributed by atoms with van der Waals surface area (Å²) in [7, 11) is 0. The molecule has 3 rings (SSSR count). The van der Waals surface area contributed by atoms with Gasteiger partial charge < -0.3 is 5.11 Å². The number of carbonyl (C=O) groups is 1. The van der Waals surface area contributed by atoms with Crippen LogP contribution in [0.25, 0.3) is 17.6 Å². The molecule has 2 aromatic rings. The van der Waals surface area contributed by atoms with Crippen LogP contribution in [0.4, 0.5) is 26.3 Å². The summed E-state index contributed by atoms with van der Waals surface area (Å²) in [5, 5.41) is 14.9. The lowest BCUT2D eigenvalue weighted by Gasteiger charge is -2.29. The standard InChI is InChI=1S/C18H17F6N5O2/c19-17(20,21)12-7-11(8-13(9-12)18(22,23)24)16-25-10-29(27-16)6-3-15(31)26-28-4-1-14(30)2-5-28/h3,6-10,14,30H,1-2,4-5H2,(H,26,31)/b6-3-. The van der Waals surface area contributed by atoms with E-state index in [0.717, 1.165) is 23.3 Å². The molecule has 2 N–H and O–H groups in total. The number of aliphatic hydroxyl groups is 1. The van der Waals surface area contributed by atoms with Crippen LogP contribution >= 0.6 is 0 Å². The van der Waals surface area contributed by atoms with E-state index in [4.69, 9.17) is 0 Å². The Kier molecular flexibility index (Phi) is 6.36. The molecule has 7 nitrogen and oxygen atoms in total. The van der Waals surface area contributed by atoms with E-state index in [9.17, 15) is 36.2 Å². The lowest BCUT2D eigenvalue weighted by molar-refractivity contribution is -0.143. The molecule has 1 amide bonds. The lowest BCUT2D eigenvalue weighted by atomic mass is 10.0. The minimum atomic E-state index is -4.99. The zero-order valence-corrected chi connectivity index (χ0v) is 15.8. The normalized spacial score (nSPS) is 16.7. The van der Waals surface area contributed by atoms with Crippen LogP contribution in [0.2, 0.25) is 0 Å². The molecular weight excluding hydrogens is 432 g/mol. The Hall–Kier alpha value is -2.93. The number of rotatable bonds is 4. The van der Waals surface area contributed by atoms with Crippen molar-refractivity contribution in [2.75, 3.05) is 13.1 Å². The maximum atomic E-state index is 13.0. The summed E-state index contributed by atoms with van der Waals surface area (Å²) in [4.78, 5) is 15.7. The summed E-state index contributed by atoms with van der Waals surface area (Å²) in [6.45, 7) is 0.927. The maximum absolute atomic E-state index is 13.0. The summed E-state index contributed by atoms with van der Waals surface area (Å²) in [6, 6.07) is 1.07. The number of hydrogen-bond acceptors (Lipinski definition) is 5. The van der Waals surface area contributed by atoms with E-state index < -0.39 is 41.1 Å². The Bertz CT molecular complexity index is 929. The molecule has 1 aliphatic heterocycles. The molecule has 31 heavy (non-hydrogen) atoms. The second kappa shape index (κ2) is 8.67. The second-order valence-corrected chi connectivity index (χ2v) is 6.85. The molecule has 1 saturated heterocycles. The molecule has 1 aromatic carbocycles. The van der Waals surface area contributed by atoms with Crippen molar-refractivity contribution in [3.8, 4) is 11.4 Å². The van der Waals surface area contributed by atoms with Crippen molar-refractivity contribution in [3.63, 3.8) is 0 Å². The molecular formula is C18H17F6N5O2. The highest BCUT2D eigenvalue weighted by Crippen LogP contribution is 2.38. The quantitative estimate of drug-likeness (QED) is 0.554. The van der Waals surface area contributed by atoms with E-state index in [2.05, 4.69) is 15.5 Å². The summed E-state index contributed by atoms with van der Waals surface area (Å²) < 4.78 is 79.0. The van der Waals surface area contributed by atoms with Crippen molar-refractivity contribution in [3.05, 3.63) is 41.7 Å². The Morgan fingerprint density at radius 2 is 1.65 bits per heavy atom. The number of piperidine rings is 1. The number of nitrogens with zero attached hydrogens (tertiary/aromatic N) is 4. The van der Waals surface area contributed by atoms with Gasteiger partial charge in [-0.25, -0.2) is 14.7 Å². The molecule has 2 heterocycles. The van der Waals surface area contributed by atoms with Crippen molar-refractivity contribution in [2.24, 2.45) is 0 Å². The molecule has 1 aliphatic rings. The number of benzene rings is 1. The summed E-state index contributed by atoms with van der Waals surface area (Å²) in [5.41, 5.74) is -0.839. The Labute approximate surface area is 171 Å². The van der Waals surface area contributed by atoms with E-state index in [-0.39, 0.29) is 11.9 Å². The van der Waals surface area contributed by atoms with Crippen molar-refractivity contribution in [1.82, 2.24) is 25.2 Å². The highest BCUT2D eigenvalue weighted by Gasteiger charge is 2.37. The second-order valence-electron chi connectivity index (χ2n) is 6.85. The number of halogens is 6. The fourth-order valence-corrected chi connectivity index (χ4v) is 2.88. The average molecular weight is 449 g/mol. The highest BCUT2D eigenvalue weighted by atomic mass is 19.4. The van der Waals surface area contributed by atoms with E-state index in [1.807, 2.05) is 0 Å². The van der Waals surface area contributed by atoms with Gasteiger partial charge in [-0.3, -0.25) is 10.2 Å². The van der Waals surface area contributed by atoms with Gasteiger partial charge in [0, 0.05) is 30.9 Å². The predicted molar refractivity (Wildman–Crippen MR) is 95.7 cm³/mol. The smallest absolute Gasteiger partial charge is 0.393 e. The average Bonchev–Trinajstić information content (AvgIpc) is 3.16. The third-order valence-electron chi connectivity index (χ3n) is 4.47. The first-order valence-corrected chi connectivity index (χ1v) is 9.04. The Morgan fingerprint density at radius 1 is 1.06 bits per heavy atom. The largest absolute Gasteiger partial charge is 0.416 e. The third kappa shape index (κ3) is 6.04. The number of amides is 1. The topological polar surface area (TPSA) is 83.3 Å². The zero-order valence-electron chi connectivity index (χ0n) is 15.8. The molecule has 1 aromatic heterocycles. The number of aliphatic hydroxyl groups excluding tert-OH is 1. The summed E-state index contributed by atoms with van der Waals surface area (Å²) in [5.74, 6) is -0.890. The van der Waals surface area contributed by atoms with Gasteiger partial charge in [0.05, 0.1) is 17.2 Å². The zero-order chi connectivity index (χ0) is 22.8. The predicted octanol–water partition coefficient (Wildman–Crippen LogP) is 2.94. The van der Waals surface area contributed by atoms with Gasteiger partial charge in [-0.2, -0.15) is 26.3 Å². The first kappa shape index (κ1) is 22.7. The fraction of sp³-hybridized carbons (Fsp3) is 0.389. The van der Waals surface area contributed by atoms with Gasteiger partial charge in [0.25, 0.3) is 5.91 Å². The van der Waals surface area contributed by atoms with Gasteiger partial charge in [-0.05, 0) is 31.0 Å². The lowest BCUT2D eigenvalue weighted by Crippen LogP contribution is -2.47. The number of hydrazine groups is 1. The van der Waals surface area contributed by atoms with Crippen molar-refractivity contribution in [2.45, 2.75) is 31.3 Å². The van der Waals surface area contributed by atoms with E-state index in [1.54, 1.807) is 5.01 Å². The monoisotopic (exact) mass is 449 g/mol. The molecule has 13 heteroatoms. The van der Waals surface area contributed by atoms with Gasteiger partial charge in [0.2, 0.25) is 0 Å². The number of alkyl halides is 6. The number of aromatic nitrogens is 3. The molecule has 0 atom stereocenters. The van der Waals surface area contributed by atoms with E-state index in [1.165, 1.54) is 0 Å². The van der Waals surface area contributed by atoms with Crippen LogP contribution in [0.5, 0.6) is 0 Å². The van der Waals surface area contributed by atoms with Crippen molar-refractivity contribution >= 4 is 12.1 Å². The van der Waals surface area contributed by atoms with Gasteiger partial charge in [-0.15, -0.1) is 5.10 Å². The minimum absolute atomic E-state index is 0.0182. The number of hydrogen-bond donors (Lipinski definition) is 2. The minimum Gasteiger partial charge on any atom is -0.393 e. The van der Waals surface area contributed by atoms with Crippen LogP contribution in [0, 0.1) is 0 Å². The summed E-state index contributed by atoms with van der Waals surface area (Å²) >= 11 is 0. The molecule has 0 radical (unpaired) electrons. The van der Waals surface area contributed by atoms with E-state index >= 15 is 0 Å². The molecule has 0 spiro atoms. The molecule has 0 aliphatic carbocycles. The molecule has 0 bridgehead atoms. The van der Waals surface area contributed by atoms with Crippen LogP contribution in [0.15, 0.2) is 30.6 Å². The van der Waals surface area contributed by atoms with Crippen LogP contribution < -0.4 is 5.43 Å². The van der Waals surface area contributed by atoms with Crippen LogP contribution in [-0.2, 0) is 17.1 Å². The molecule has 0 saturated carbocycles. The fourth-order valence-electron chi connectivity index (χ4n) is 2.88. The first-order valence-electron chi connectivity index (χ1n) is 9.04. The Morgan fingerprint density at radius 3 is 2.19 bits per heavy atom. The molecule has 0 unspecified atom stereocenters. The highest BCUT2D eigenvalue weighted by molar-refractivity contribution is 5.89. The maximum Gasteiger partial charge on any atom is 0.416 e. The van der Waals surface area contributed by atoms with Gasteiger partial charge in [0.1, 0.15) is 6.33 Å². The van der Waals surface area contributed by atoms with Crippen molar-refractivity contribution < 1.29 is 36.2 Å². The van der Waals surface area contributed by atoms with E-state index in [0.29, 0.717) is 38.1 Å². The van der Waals surface area contributed by atoms with Gasteiger partial charge in [-0.1, -0.05) is 0 Å². The molecule has 168 valence electrons. The summed E-state index contributed by atoms with van der Waals surface area (Å²) in [6.07, 6.45) is -6.09. The van der Waals surface area contributed by atoms with Crippen LogP contribution in [-0.4, -0.2) is 50.0 Å². The number of carbonyl (C=O) groups excluding carboxylic acids is 1. The molecule has 1 fully saturated rings. The number of nitrogens with one attached hydrogen (secondary N) is 1. The van der Waals surface area contributed by atoms with Gasteiger partial charge in [0.15, 0.2) is 5.82 Å². The van der Waals surface area contributed by atoms with Crippen LogP contribution in [0.3, 0.4) is 0 Å². The Balaban J connectivity index is 1.75. The van der Waals surface area contributed by atoms with Gasteiger partial charge >= 0.3 is 12.4 Å². The first-order chi connectivity index (χ1) is 14.4.